The Morgan fingerprint density at radius 2 is 1.98 bits per heavy atom. The number of alkyl carbamates (subject to hydrolysis) is 1. The summed E-state index contributed by atoms with van der Waals surface area (Å²) in [5.41, 5.74) is 0.123. The van der Waals surface area contributed by atoms with Gasteiger partial charge in [-0.15, -0.1) is 0 Å². The minimum Gasteiger partial charge on any atom is -0.508 e. The first-order valence-electron chi connectivity index (χ1n) is 17.1. The van der Waals surface area contributed by atoms with Crippen LogP contribution in [0.25, 0.3) is 32.9 Å². The zero-order valence-corrected chi connectivity index (χ0v) is 27.3. The molecule has 4 aromatic rings. The maximum Gasteiger partial charge on any atom is 0.407 e. The quantitative estimate of drug-likeness (QED) is 0.264. The molecule has 2 aromatic heterocycles. The first kappa shape index (κ1) is 31.9. The number of carbonyl (C=O) groups is 1. The Labute approximate surface area is 281 Å². The average Bonchev–Trinajstić information content (AvgIpc) is 3.45. The molecule has 13 heteroatoms. The molecule has 6 bridgehead atoms. The van der Waals surface area contributed by atoms with Crippen molar-refractivity contribution in [2.75, 3.05) is 37.7 Å². The van der Waals surface area contributed by atoms with E-state index in [4.69, 9.17) is 14.5 Å². The molecule has 0 radical (unpaired) electrons. The number of nitrogens with zero attached hydrogens (tertiary/aromatic N) is 5. The highest BCUT2D eigenvalue weighted by atomic mass is 19.1. The summed E-state index contributed by atoms with van der Waals surface area (Å²) in [5.74, 6) is -0.577. The number of phenols is 1. The molecule has 1 amide bonds. The van der Waals surface area contributed by atoms with Crippen molar-refractivity contribution in [2.24, 2.45) is 0 Å². The van der Waals surface area contributed by atoms with Crippen LogP contribution in [-0.2, 0) is 11.2 Å². The highest BCUT2D eigenvalue weighted by Crippen LogP contribution is 2.40. The molecule has 0 saturated carbocycles. The van der Waals surface area contributed by atoms with Crippen LogP contribution in [0.1, 0.15) is 51.0 Å². The van der Waals surface area contributed by atoms with E-state index < -0.39 is 35.9 Å². The zero-order chi connectivity index (χ0) is 33.9. The summed E-state index contributed by atoms with van der Waals surface area (Å²) >= 11 is 0. The standard InChI is InChI=1S/C36H39F3N6O4/c1-36-15-23(38)18-45(19-36)33-26-16-40-31(25-14-24(46)13-21-6-2-5-20(29(21)25)7-4-12-48-35(47)43-36)30(39)32(26)41-34(42-33)49-28-10-9-22(37)17-44-11-3-8-27(28)44/h2,5-6,13-14,16,22-23,27-28,46H,3-4,7-12,15,17-19H2,1H3,(H,43,47)/t22-,23+,27-,28-,36-/m1/s1. The van der Waals surface area contributed by atoms with Crippen LogP contribution >= 0.6 is 0 Å². The van der Waals surface area contributed by atoms with Gasteiger partial charge < -0.3 is 24.8 Å². The van der Waals surface area contributed by atoms with E-state index in [0.717, 1.165) is 24.9 Å². The molecular formula is C36H39F3N6O4. The van der Waals surface area contributed by atoms with Gasteiger partial charge in [0.2, 0.25) is 0 Å². The number of fused-ring (bicyclic) bond motifs is 7. The zero-order valence-electron chi connectivity index (χ0n) is 27.3. The molecule has 5 aliphatic heterocycles. The molecule has 5 aliphatic rings. The molecule has 0 aliphatic carbocycles. The second-order valence-corrected chi connectivity index (χ2v) is 14.2. The normalized spacial score (nSPS) is 27.8. The van der Waals surface area contributed by atoms with Gasteiger partial charge in [-0.3, -0.25) is 9.88 Å². The first-order chi connectivity index (χ1) is 23.6. The van der Waals surface area contributed by atoms with Gasteiger partial charge in [-0.2, -0.15) is 9.97 Å². The number of nitrogens with one attached hydrogen (secondary N) is 1. The van der Waals surface area contributed by atoms with Crippen LogP contribution in [0.5, 0.6) is 11.8 Å². The van der Waals surface area contributed by atoms with Gasteiger partial charge in [0, 0.05) is 37.3 Å². The topological polar surface area (TPSA) is 113 Å². The second kappa shape index (κ2) is 12.5. The van der Waals surface area contributed by atoms with Crippen molar-refractivity contribution in [3.63, 3.8) is 0 Å². The summed E-state index contributed by atoms with van der Waals surface area (Å²) in [6, 6.07) is 8.58. The minimum atomic E-state index is -1.35. The largest absolute Gasteiger partial charge is 0.508 e. The van der Waals surface area contributed by atoms with Crippen LogP contribution in [0, 0.1) is 5.82 Å². The number of pyridine rings is 1. The number of piperidine rings is 1. The first-order valence-corrected chi connectivity index (χ1v) is 17.1. The van der Waals surface area contributed by atoms with Gasteiger partial charge in [0.05, 0.1) is 24.1 Å². The van der Waals surface area contributed by atoms with E-state index in [9.17, 15) is 14.3 Å². The molecule has 3 fully saturated rings. The van der Waals surface area contributed by atoms with E-state index in [1.807, 2.05) is 18.2 Å². The number of rotatable bonds is 2. The molecule has 10 nitrogen and oxygen atoms in total. The molecule has 9 rings (SSSR count). The molecular weight excluding hydrogens is 637 g/mol. The Morgan fingerprint density at radius 1 is 1.10 bits per heavy atom. The lowest BCUT2D eigenvalue weighted by molar-refractivity contribution is 0.0908. The Hall–Kier alpha value is -4.39. The number of aromatic hydroxyl groups is 1. The van der Waals surface area contributed by atoms with Gasteiger partial charge in [0.15, 0.2) is 5.82 Å². The smallest absolute Gasteiger partial charge is 0.407 e. The van der Waals surface area contributed by atoms with Crippen molar-refractivity contribution in [1.82, 2.24) is 25.2 Å². The molecule has 5 atom stereocenters. The van der Waals surface area contributed by atoms with Crippen LogP contribution in [0.4, 0.5) is 23.8 Å². The molecule has 0 unspecified atom stereocenters. The predicted molar refractivity (Wildman–Crippen MR) is 178 cm³/mol. The number of hydrogen-bond acceptors (Lipinski definition) is 9. The van der Waals surface area contributed by atoms with E-state index in [2.05, 4.69) is 20.2 Å². The van der Waals surface area contributed by atoms with Gasteiger partial charge >= 0.3 is 12.1 Å². The Kier molecular flexibility index (Phi) is 8.12. The number of halogens is 3. The lowest BCUT2D eigenvalue weighted by Gasteiger charge is -2.42. The molecule has 49 heavy (non-hydrogen) atoms. The van der Waals surface area contributed by atoms with Crippen molar-refractivity contribution in [3.05, 3.63) is 47.9 Å². The number of aromatic nitrogens is 3. The van der Waals surface area contributed by atoms with Crippen molar-refractivity contribution in [2.45, 2.75) is 81.9 Å². The van der Waals surface area contributed by atoms with Crippen molar-refractivity contribution in [1.29, 1.82) is 0 Å². The highest BCUT2D eigenvalue weighted by Gasteiger charge is 2.41. The third kappa shape index (κ3) is 6.06. The fourth-order valence-electron chi connectivity index (χ4n) is 8.35. The van der Waals surface area contributed by atoms with Crippen LogP contribution in [0.2, 0.25) is 0 Å². The fourth-order valence-corrected chi connectivity index (χ4v) is 8.35. The van der Waals surface area contributed by atoms with Gasteiger partial charge in [-0.05, 0) is 80.5 Å². The van der Waals surface area contributed by atoms with Crippen molar-refractivity contribution >= 4 is 33.6 Å². The van der Waals surface area contributed by atoms with Gasteiger partial charge in [-0.1, -0.05) is 18.2 Å². The predicted octanol–water partition coefficient (Wildman–Crippen LogP) is 6.01. The minimum absolute atomic E-state index is 0.0163. The Bertz CT molecular complexity index is 1930. The van der Waals surface area contributed by atoms with Gasteiger partial charge in [0.25, 0.3) is 0 Å². The van der Waals surface area contributed by atoms with Gasteiger partial charge in [-0.25, -0.2) is 18.0 Å². The van der Waals surface area contributed by atoms with Crippen molar-refractivity contribution in [3.8, 4) is 23.0 Å². The van der Waals surface area contributed by atoms with E-state index in [0.29, 0.717) is 48.6 Å². The second-order valence-electron chi connectivity index (χ2n) is 14.2. The summed E-state index contributed by atoms with van der Waals surface area (Å²) in [6.07, 6.45) is 1.63. The lowest BCUT2D eigenvalue weighted by atomic mass is 9.90. The summed E-state index contributed by atoms with van der Waals surface area (Å²) in [5, 5.41) is 15.2. The molecule has 2 aromatic carbocycles. The van der Waals surface area contributed by atoms with Crippen molar-refractivity contribution < 1.29 is 32.5 Å². The number of phenolic OH excluding ortho intramolecular Hbond substituents is 1. The third-order valence-electron chi connectivity index (χ3n) is 10.4. The van der Waals surface area contributed by atoms with E-state index in [1.165, 1.54) is 12.3 Å². The number of aryl methyl sites for hydroxylation is 1. The summed E-state index contributed by atoms with van der Waals surface area (Å²) in [6.45, 7) is 3.07. The Morgan fingerprint density at radius 3 is 2.86 bits per heavy atom. The number of ether oxygens (including phenoxy) is 2. The number of anilines is 1. The number of alkyl halides is 2. The van der Waals surface area contributed by atoms with Crippen LogP contribution in [0.15, 0.2) is 36.5 Å². The fraction of sp³-hybridized carbons (Fsp3) is 0.500. The Balaban J connectivity index is 1.32. The molecule has 258 valence electrons. The summed E-state index contributed by atoms with van der Waals surface area (Å²) in [7, 11) is 0. The molecule has 2 N–H and O–H groups in total. The summed E-state index contributed by atoms with van der Waals surface area (Å²) in [4.78, 5) is 30.7. The SMILES string of the molecule is C[C@@]12C[C@H](F)CN(C1)c1nc(O[C@@H]3CC[C@@H](F)CN4CCC[C@H]34)nc3c(F)c(ncc13)-c1cc(O)cc3cccc(c13)CCCOC(=O)N2. The molecule has 7 heterocycles. The number of hydrogen-bond donors (Lipinski definition) is 2. The van der Waals surface area contributed by atoms with Gasteiger partial charge in [0.1, 0.15) is 41.2 Å². The molecule has 3 saturated heterocycles. The van der Waals surface area contributed by atoms with E-state index >= 15 is 8.78 Å². The monoisotopic (exact) mass is 676 g/mol. The third-order valence-corrected chi connectivity index (χ3v) is 10.4. The maximum atomic E-state index is 17.1. The van der Waals surface area contributed by atoms with Crippen LogP contribution in [0.3, 0.4) is 0 Å². The number of benzene rings is 2. The maximum absolute atomic E-state index is 17.1. The van der Waals surface area contributed by atoms with E-state index in [1.54, 1.807) is 17.9 Å². The lowest BCUT2D eigenvalue weighted by Crippen LogP contribution is -2.60. The highest BCUT2D eigenvalue weighted by molar-refractivity contribution is 6.01. The average molecular weight is 677 g/mol. The number of carbonyl (C=O) groups excluding carboxylic acids is 1. The van der Waals surface area contributed by atoms with E-state index in [-0.39, 0.29) is 66.3 Å². The number of amides is 1. The van der Waals surface area contributed by atoms with Crippen LogP contribution in [-0.4, -0.2) is 93.9 Å². The van der Waals surface area contributed by atoms with Crippen LogP contribution < -0.4 is 15.0 Å². The summed E-state index contributed by atoms with van der Waals surface area (Å²) < 4.78 is 59.3. The molecule has 0 spiro atoms.